The first-order valence-electron chi connectivity index (χ1n) is 13.3. The minimum absolute atomic E-state index is 0.131. The van der Waals surface area contributed by atoms with Gasteiger partial charge in [-0.1, -0.05) is 46.3 Å². The van der Waals surface area contributed by atoms with E-state index < -0.39 is 5.60 Å². The van der Waals surface area contributed by atoms with Gasteiger partial charge in [0.2, 0.25) is 0 Å². The van der Waals surface area contributed by atoms with Crippen molar-refractivity contribution in [2.45, 2.75) is 117 Å². The molecule has 0 unspecified atom stereocenters. The molecular formula is C28H48O2. The van der Waals surface area contributed by atoms with Crippen molar-refractivity contribution in [1.29, 1.82) is 0 Å². The lowest BCUT2D eigenvalue weighted by molar-refractivity contribution is -0.0569. The van der Waals surface area contributed by atoms with Crippen LogP contribution < -0.4 is 0 Å². The first kappa shape index (κ1) is 22.8. The molecule has 0 bridgehead atoms. The molecule has 0 spiro atoms. The van der Waals surface area contributed by atoms with Gasteiger partial charge in [0.25, 0.3) is 0 Å². The van der Waals surface area contributed by atoms with Crippen molar-refractivity contribution in [3.05, 3.63) is 11.6 Å². The topological polar surface area (TPSA) is 40.5 Å². The molecule has 2 heteroatoms. The third-order valence-electron chi connectivity index (χ3n) is 10.6. The van der Waals surface area contributed by atoms with E-state index in [0.29, 0.717) is 23.2 Å². The molecule has 3 fully saturated rings. The smallest absolute Gasteiger partial charge is 0.0682 e. The van der Waals surface area contributed by atoms with E-state index in [-0.39, 0.29) is 6.10 Å². The maximum Gasteiger partial charge on any atom is 0.0682 e. The molecule has 0 heterocycles. The van der Waals surface area contributed by atoms with Crippen LogP contribution in [0.5, 0.6) is 0 Å². The second-order valence-electron chi connectivity index (χ2n) is 12.5. The molecule has 0 aliphatic heterocycles. The van der Waals surface area contributed by atoms with Gasteiger partial charge in [0.15, 0.2) is 0 Å². The molecule has 2 nitrogen and oxygen atoms in total. The third kappa shape index (κ3) is 3.94. The van der Waals surface area contributed by atoms with Crippen LogP contribution in [-0.4, -0.2) is 21.9 Å². The van der Waals surface area contributed by atoms with E-state index in [1.807, 2.05) is 0 Å². The molecule has 0 aromatic carbocycles. The predicted molar refractivity (Wildman–Crippen MR) is 125 cm³/mol. The summed E-state index contributed by atoms with van der Waals surface area (Å²) in [5.41, 5.74) is 1.59. The van der Waals surface area contributed by atoms with E-state index >= 15 is 0 Å². The lowest BCUT2D eigenvalue weighted by atomic mass is 9.50. The Morgan fingerprint density at radius 3 is 2.50 bits per heavy atom. The van der Waals surface area contributed by atoms with Crippen LogP contribution in [0.3, 0.4) is 0 Å². The first-order valence-corrected chi connectivity index (χ1v) is 13.3. The zero-order chi connectivity index (χ0) is 21.7. The number of aliphatic hydroxyl groups is 2. The third-order valence-corrected chi connectivity index (χ3v) is 10.6. The summed E-state index contributed by atoms with van der Waals surface area (Å²) < 4.78 is 0. The Bertz CT molecular complexity index is 639. The SMILES string of the molecule is CC[C@]1(O)CC[C@H]2C(=CC[C@@H]3[C@@H]2CC[C@]2(C)[C@@H]([C@H](C)[C@H](O)CCC(C)C)CC[C@@H]32)C1. The van der Waals surface area contributed by atoms with Gasteiger partial charge >= 0.3 is 0 Å². The molecule has 0 radical (unpaired) electrons. The van der Waals surface area contributed by atoms with Gasteiger partial charge in [-0.05, 0) is 117 Å². The molecule has 0 saturated heterocycles. The van der Waals surface area contributed by atoms with Crippen LogP contribution in [0.25, 0.3) is 0 Å². The molecule has 0 aromatic heterocycles. The second-order valence-corrected chi connectivity index (χ2v) is 12.5. The average Bonchev–Trinajstić information content (AvgIpc) is 3.08. The van der Waals surface area contributed by atoms with E-state index in [1.165, 1.54) is 38.5 Å². The maximum absolute atomic E-state index is 11.0. The summed E-state index contributed by atoms with van der Waals surface area (Å²) in [6.45, 7) is 11.6. The molecule has 0 amide bonds. The number of rotatable bonds is 6. The average molecular weight is 417 g/mol. The summed E-state index contributed by atoms with van der Waals surface area (Å²) in [7, 11) is 0. The Morgan fingerprint density at radius 2 is 1.80 bits per heavy atom. The minimum atomic E-state index is -0.432. The van der Waals surface area contributed by atoms with E-state index in [4.69, 9.17) is 0 Å². The van der Waals surface area contributed by atoms with Crippen molar-refractivity contribution in [3.63, 3.8) is 0 Å². The van der Waals surface area contributed by atoms with Gasteiger partial charge in [0.1, 0.15) is 0 Å². The maximum atomic E-state index is 11.0. The molecule has 30 heavy (non-hydrogen) atoms. The molecule has 3 saturated carbocycles. The lowest BCUT2D eigenvalue weighted by Crippen LogP contribution is -2.48. The first-order chi connectivity index (χ1) is 14.2. The van der Waals surface area contributed by atoms with E-state index in [9.17, 15) is 10.2 Å². The fraction of sp³-hybridized carbons (Fsp3) is 0.929. The van der Waals surface area contributed by atoms with Crippen molar-refractivity contribution in [3.8, 4) is 0 Å². The summed E-state index contributed by atoms with van der Waals surface area (Å²) in [4.78, 5) is 0. The highest BCUT2D eigenvalue weighted by atomic mass is 16.3. The largest absolute Gasteiger partial charge is 0.393 e. The summed E-state index contributed by atoms with van der Waals surface area (Å²) in [5, 5.41) is 21.8. The molecular weight excluding hydrogens is 368 g/mol. The Balaban J connectivity index is 1.47. The molecule has 9 atom stereocenters. The van der Waals surface area contributed by atoms with Gasteiger partial charge in [-0.15, -0.1) is 0 Å². The second kappa shape index (κ2) is 8.54. The molecule has 0 aromatic rings. The van der Waals surface area contributed by atoms with Crippen molar-refractivity contribution >= 4 is 0 Å². The van der Waals surface area contributed by atoms with E-state index in [1.54, 1.807) is 5.57 Å². The normalized spacial score (nSPS) is 45.3. The van der Waals surface area contributed by atoms with Crippen LogP contribution >= 0.6 is 0 Å². The highest BCUT2D eigenvalue weighted by Gasteiger charge is 2.57. The van der Waals surface area contributed by atoms with E-state index in [0.717, 1.165) is 55.8 Å². The summed E-state index contributed by atoms with van der Waals surface area (Å²) in [6, 6.07) is 0. The van der Waals surface area contributed by atoms with Crippen LogP contribution in [-0.2, 0) is 0 Å². The zero-order valence-corrected chi connectivity index (χ0v) is 20.4. The van der Waals surface area contributed by atoms with Crippen LogP contribution in [0.1, 0.15) is 105 Å². The zero-order valence-electron chi connectivity index (χ0n) is 20.4. The van der Waals surface area contributed by atoms with Crippen molar-refractivity contribution in [2.75, 3.05) is 0 Å². The van der Waals surface area contributed by atoms with Gasteiger partial charge in [0, 0.05) is 0 Å². The molecule has 4 rings (SSSR count). The van der Waals surface area contributed by atoms with Crippen LogP contribution in [0, 0.1) is 46.8 Å². The van der Waals surface area contributed by atoms with Crippen molar-refractivity contribution in [1.82, 2.24) is 0 Å². The molecule has 4 aliphatic rings. The number of hydrogen-bond acceptors (Lipinski definition) is 2. The minimum Gasteiger partial charge on any atom is -0.393 e. The Hall–Kier alpha value is -0.340. The van der Waals surface area contributed by atoms with Gasteiger partial charge in [-0.25, -0.2) is 0 Å². The van der Waals surface area contributed by atoms with Crippen molar-refractivity contribution in [2.24, 2.45) is 46.8 Å². The van der Waals surface area contributed by atoms with Gasteiger partial charge in [-0.2, -0.15) is 0 Å². The van der Waals surface area contributed by atoms with Gasteiger partial charge in [0.05, 0.1) is 11.7 Å². The van der Waals surface area contributed by atoms with Gasteiger partial charge in [-0.3, -0.25) is 0 Å². The van der Waals surface area contributed by atoms with Crippen LogP contribution in [0.15, 0.2) is 11.6 Å². The van der Waals surface area contributed by atoms with Crippen molar-refractivity contribution < 1.29 is 10.2 Å². The Labute approximate surface area is 185 Å². The van der Waals surface area contributed by atoms with E-state index in [2.05, 4.69) is 40.7 Å². The van der Waals surface area contributed by atoms with Crippen LogP contribution in [0.4, 0.5) is 0 Å². The Morgan fingerprint density at radius 1 is 1.03 bits per heavy atom. The van der Waals surface area contributed by atoms with Gasteiger partial charge < -0.3 is 10.2 Å². The Kier molecular flexibility index (Phi) is 6.50. The molecule has 172 valence electrons. The molecule has 4 aliphatic carbocycles. The number of allylic oxidation sites excluding steroid dienone is 1. The number of aliphatic hydroxyl groups excluding tert-OH is 1. The quantitative estimate of drug-likeness (QED) is 0.470. The predicted octanol–water partition coefficient (Wildman–Crippen LogP) is 6.75. The summed E-state index contributed by atoms with van der Waals surface area (Å²) in [6.07, 6.45) is 15.2. The summed E-state index contributed by atoms with van der Waals surface area (Å²) >= 11 is 0. The fourth-order valence-electron chi connectivity index (χ4n) is 8.61. The monoisotopic (exact) mass is 416 g/mol. The number of fused-ring (bicyclic) bond motifs is 5. The fourth-order valence-corrected chi connectivity index (χ4v) is 8.61. The molecule has 2 N–H and O–H groups in total. The standard InChI is InChI=1S/C28H48O2/c1-6-28(30)16-14-21-20(17-28)8-9-23-22(21)13-15-27(5)24(10-11-25(23)27)19(4)26(29)12-7-18(2)3/h8,18-19,21-26,29-30H,6-7,9-17H2,1-5H3/t19-,21-,22+,23+,24+,25-,26+,27+,28-/m0/s1. The number of hydrogen-bond donors (Lipinski definition) is 2. The highest BCUT2D eigenvalue weighted by Crippen LogP contribution is 2.65. The highest BCUT2D eigenvalue weighted by molar-refractivity contribution is 5.22. The lowest BCUT2D eigenvalue weighted by Gasteiger charge is -2.55. The summed E-state index contributed by atoms with van der Waals surface area (Å²) in [5.74, 6) is 5.07. The van der Waals surface area contributed by atoms with Crippen LogP contribution in [0.2, 0.25) is 0 Å².